The van der Waals surface area contributed by atoms with Gasteiger partial charge in [0.2, 0.25) is 5.91 Å². The fraction of sp³-hybridized carbons (Fsp3) is 0.929. The molecule has 19 heavy (non-hydrogen) atoms. The lowest BCUT2D eigenvalue weighted by molar-refractivity contribution is -0.121. The molecule has 0 bridgehead atoms. The standard InChI is InChI=1S/C14H28N2O2S/c1-11(2)5-4-6-16-7-8-18-13(10-16)9-15-14(17)12(3)19/h11-13,19H,4-10H2,1-3H3,(H,15,17)/t12?,13-/m1/s1. The maximum Gasteiger partial charge on any atom is 0.232 e. The van der Waals surface area contributed by atoms with E-state index in [0.717, 1.165) is 32.2 Å². The summed E-state index contributed by atoms with van der Waals surface area (Å²) >= 11 is 4.11. The molecule has 1 fully saturated rings. The Morgan fingerprint density at radius 2 is 2.21 bits per heavy atom. The summed E-state index contributed by atoms with van der Waals surface area (Å²) in [5.74, 6) is 0.747. The number of hydrogen-bond acceptors (Lipinski definition) is 4. The Morgan fingerprint density at radius 1 is 1.47 bits per heavy atom. The van der Waals surface area contributed by atoms with Crippen molar-refractivity contribution in [1.82, 2.24) is 10.2 Å². The third kappa shape index (κ3) is 7.18. The summed E-state index contributed by atoms with van der Waals surface area (Å²) in [4.78, 5) is 13.9. The number of nitrogens with zero attached hydrogens (tertiary/aromatic N) is 1. The highest BCUT2D eigenvalue weighted by Crippen LogP contribution is 2.09. The van der Waals surface area contributed by atoms with Gasteiger partial charge in [0.1, 0.15) is 0 Å². The predicted molar refractivity (Wildman–Crippen MR) is 81.7 cm³/mol. The minimum Gasteiger partial charge on any atom is -0.374 e. The average Bonchev–Trinajstić information content (AvgIpc) is 2.36. The molecule has 0 radical (unpaired) electrons. The van der Waals surface area contributed by atoms with E-state index in [1.165, 1.54) is 12.8 Å². The number of amides is 1. The minimum atomic E-state index is -0.259. The summed E-state index contributed by atoms with van der Waals surface area (Å²) in [6.45, 7) is 10.7. The van der Waals surface area contributed by atoms with Crippen LogP contribution in [0.5, 0.6) is 0 Å². The molecule has 2 atom stereocenters. The number of ether oxygens (including phenoxy) is 1. The van der Waals surface area contributed by atoms with Crippen LogP contribution in [0.25, 0.3) is 0 Å². The van der Waals surface area contributed by atoms with Crippen molar-refractivity contribution >= 4 is 18.5 Å². The Balaban J connectivity index is 2.20. The van der Waals surface area contributed by atoms with E-state index in [1.807, 2.05) is 0 Å². The van der Waals surface area contributed by atoms with Crippen molar-refractivity contribution < 1.29 is 9.53 Å². The SMILES string of the molecule is CC(C)CCCN1CCO[C@H](CNC(=O)C(C)S)C1. The zero-order valence-electron chi connectivity index (χ0n) is 12.4. The zero-order chi connectivity index (χ0) is 14.3. The van der Waals surface area contributed by atoms with Gasteiger partial charge in [0.05, 0.1) is 18.0 Å². The second-order valence-electron chi connectivity index (χ2n) is 5.75. The van der Waals surface area contributed by atoms with Crippen LogP contribution >= 0.6 is 12.6 Å². The normalized spacial score (nSPS) is 22.5. The van der Waals surface area contributed by atoms with Gasteiger partial charge < -0.3 is 10.1 Å². The van der Waals surface area contributed by atoms with Gasteiger partial charge in [-0.15, -0.1) is 0 Å². The fourth-order valence-electron chi connectivity index (χ4n) is 2.19. The number of thiol groups is 1. The molecular weight excluding hydrogens is 260 g/mol. The van der Waals surface area contributed by atoms with Crippen LogP contribution < -0.4 is 5.32 Å². The number of nitrogens with one attached hydrogen (secondary N) is 1. The first-order chi connectivity index (χ1) is 8.99. The van der Waals surface area contributed by atoms with Crippen LogP contribution in [0.3, 0.4) is 0 Å². The van der Waals surface area contributed by atoms with E-state index in [1.54, 1.807) is 6.92 Å². The third-order valence-corrected chi connectivity index (χ3v) is 3.60. The molecule has 1 aliphatic heterocycles. The van der Waals surface area contributed by atoms with E-state index in [4.69, 9.17) is 4.74 Å². The lowest BCUT2D eigenvalue weighted by atomic mass is 10.1. The zero-order valence-corrected chi connectivity index (χ0v) is 13.3. The molecule has 4 nitrogen and oxygen atoms in total. The molecule has 1 N–H and O–H groups in total. The average molecular weight is 288 g/mol. The second kappa shape index (κ2) is 8.82. The Kier molecular flexibility index (Phi) is 7.80. The van der Waals surface area contributed by atoms with Crippen LogP contribution in [-0.4, -0.2) is 54.9 Å². The molecule has 0 spiro atoms. The topological polar surface area (TPSA) is 41.6 Å². The second-order valence-corrected chi connectivity index (χ2v) is 6.53. The van der Waals surface area contributed by atoms with Crippen molar-refractivity contribution in [2.24, 2.45) is 5.92 Å². The monoisotopic (exact) mass is 288 g/mol. The fourth-order valence-corrected chi connectivity index (χ4v) is 2.28. The predicted octanol–water partition coefficient (Wildman–Crippen LogP) is 1.56. The molecule has 1 rings (SSSR count). The molecule has 0 saturated carbocycles. The van der Waals surface area contributed by atoms with Crippen LogP contribution in [0.1, 0.15) is 33.6 Å². The van der Waals surface area contributed by atoms with Crippen LogP contribution in [-0.2, 0) is 9.53 Å². The molecular formula is C14H28N2O2S. The van der Waals surface area contributed by atoms with Crippen molar-refractivity contribution in [3.05, 3.63) is 0 Å². The van der Waals surface area contributed by atoms with Crippen LogP contribution in [0.4, 0.5) is 0 Å². The van der Waals surface area contributed by atoms with E-state index < -0.39 is 0 Å². The number of rotatable bonds is 7. The highest BCUT2D eigenvalue weighted by Gasteiger charge is 2.21. The maximum absolute atomic E-state index is 11.5. The van der Waals surface area contributed by atoms with E-state index >= 15 is 0 Å². The lowest BCUT2D eigenvalue weighted by Gasteiger charge is -2.33. The van der Waals surface area contributed by atoms with Gasteiger partial charge in [-0.1, -0.05) is 13.8 Å². The van der Waals surface area contributed by atoms with Gasteiger partial charge in [0.25, 0.3) is 0 Å². The van der Waals surface area contributed by atoms with Crippen LogP contribution in [0, 0.1) is 5.92 Å². The molecule has 1 amide bonds. The van der Waals surface area contributed by atoms with E-state index in [0.29, 0.717) is 6.54 Å². The number of carbonyl (C=O) groups is 1. The van der Waals surface area contributed by atoms with Gasteiger partial charge in [0, 0.05) is 19.6 Å². The Labute approximate surface area is 122 Å². The summed E-state index contributed by atoms with van der Waals surface area (Å²) in [5, 5.41) is 2.62. The van der Waals surface area contributed by atoms with Gasteiger partial charge in [-0.3, -0.25) is 9.69 Å². The molecule has 1 saturated heterocycles. The van der Waals surface area contributed by atoms with E-state index in [2.05, 4.69) is 36.7 Å². The van der Waals surface area contributed by atoms with Gasteiger partial charge in [0.15, 0.2) is 0 Å². The van der Waals surface area contributed by atoms with Crippen molar-refractivity contribution in [2.45, 2.75) is 45.0 Å². The van der Waals surface area contributed by atoms with E-state index in [9.17, 15) is 4.79 Å². The number of hydrogen-bond donors (Lipinski definition) is 2. The van der Waals surface area contributed by atoms with Gasteiger partial charge >= 0.3 is 0 Å². The summed E-state index contributed by atoms with van der Waals surface area (Å²) in [6.07, 6.45) is 2.63. The van der Waals surface area contributed by atoms with Gasteiger partial charge in [-0.25, -0.2) is 0 Å². The molecule has 0 aromatic carbocycles. The largest absolute Gasteiger partial charge is 0.374 e. The van der Waals surface area contributed by atoms with Crippen molar-refractivity contribution in [3.8, 4) is 0 Å². The maximum atomic E-state index is 11.5. The summed E-state index contributed by atoms with van der Waals surface area (Å²) < 4.78 is 5.68. The Morgan fingerprint density at radius 3 is 2.84 bits per heavy atom. The first-order valence-corrected chi connectivity index (χ1v) is 7.80. The minimum absolute atomic E-state index is 0.0242. The van der Waals surface area contributed by atoms with E-state index in [-0.39, 0.29) is 17.3 Å². The van der Waals surface area contributed by atoms with Crippen molar-refractivity contribution in [3.63, 3.8) is 0 Å². The molecule has 0 aliphatic carbocycles. The van der Waals surface area contributed by atoms with Crippen LogP contribution in [0.2, 0.25) is 0 Å². The molecule has 1 heterocycles. The lowest BCUT2D eigenvalue weighted by Crippen LogP contribution is -2.48. The Hall–Kier alpha value is -0.260. The summed E-state index contributed by atoms with van der Waals surface area (Å²) in [5.41, 5.74) is 0. The first kappa shape index (κ1) is 16.8. The van der Waals surface area contributed by atoms with Crippen molar-refractivity contribution in [1.29, 1.82) is 0 Å². The van der Waals surface area contributed by atoms with Crippen molar-refractivity contribution in [2.75, 3.05) is 32.8 Å². The van der Waals surface area contributed by atoms with Gasteiger partial charge in [-0.05, 0) is 32.2 Å². The van der Waals surface area contributed by atoms with Gasteiger partial charge in [-0.2, -0.15) is 12.6 Å². The smallest absolute Gasteiger partial charge is 0.232 e. The quantitative estimate of drug-likeness (QED) is 0.699. The molecule has 112 valence electrons. The summed E-state index contributed by atoms with van der Waals surface area (Å²) in [7, 11) is 0. The molecule has 0 aromatic rings. The molecule has 1 unspecified atom stereocenters. The third-order valence-electron chi connectivity index (χ3n) is 3.36. The number of morpholine rings is 1. The Bertz CT molecular complexity index is 272. The molecule has 0 aromatic heterocycles. The number of carbonyl (C=O) groups excluding carboxylic acids is 1. The molecule has 1 aliphatic rings. The highest BCUT2D eigenvalue weighted by atomic mass is 32.1. The van der Waals surface area contributed by atoms with Crippen LogP contribution in [0.15, 0.2) is 0 Å². The first-order valence-electron chi connectivity index (χ1n) is 7.28. The molecule has 5 heteroatoms. The summed E-state index contributed by atoms with van der Waals surface area (Å²) in [6, 6.07) is 0. The highest BCUT2D eigenvalue weighted by molar-refractivity contribution is 7.81.